The molecule has 2 fully saturated rings. The Labute approximate surface area is 140 Å². The van der Waals surface area contributed by atoms with E-state index >= 15 is 0 Å². The summed E-state index contributed by atoms with van der Waals surface area (Å²) in [5.74, 6) is -1.61. The Morgan fingerprint density at radius 1 is 1.25 bits per heavy atom. The number of hydrogen-bond donors (Lipinski definition) is 1. The third-order valence-corrected chi connectivity index (χ3v) is 4.39. The molecular formula is C17H23FN2O4. The molecule has 6 nitrogen and oxygen atoms in total. The van der Waals surface area contributed by atoms with Gasteiger partial charge in [-0.2, -0.15) is 0 Å². The van der Waals surface area contributed by atoms with Crippen LogP contribution in [0.15, 0.2) is 24.3 Å². The summed E-state index contributed by atoms with van der Waals surface area (Å²) >= 11 is 0. The van der Waals surface area contributed by atoms with Gasteiger partial charge in [0.05, 0.1) is 0 Å². The van der Waals surface area contributed by atoms with Gasteiger partial charge in [-0.05, 0) is 24.3 Å². The van der Waals surface area contributed by atoms with Gasteiger partial charge in [0.25, 0.3) is 0 Å². The van der Waals surface area contributed by atoms with E-state index in [1.165, 1.54) is 12.1 Å². The lowest BCUT2D eigenvalue weighted by atomic mass is 10.2. The standard InChI is InChI=1S/C17H23FN2O4/c1-17(2)23-14(16(22)24-17)11-15(21)20-9-7-19(8-10-20)13-5-3-12(18)4-6-13/h3-6,14-15,21H,7-11H2,1-2H3/t14-,15-/m1/s1. The Kier molecular flexibility index (Phi) is 4.76. The van der Waals surface area contributed by atoms with Crippen molar-refractivity contribution in [1.29, 1.82) is 0 Å². The van der Waals surface area contributed by atoms with Gasteiger partial charge in [0.1, 0.15) is 12.0 Å². The number of carbonyl (C=O) groups excluding carboxylic acids is 1. The first-order valence-corrected chi connectivity index (χ1v) is 8.17. The van der Waals surface area contributed by atoms with Gasteiger partial charge in [-0.3, -0.25) is 4.90 Å². The summed E-state index contributed by atoms with van der Waals surface area (Å²) in [6.45, 7) is 6.12. The van der Waals surface area contributed by atoms with E-state index in [2.05, 4.69) is 4.90 Å². The molecule has 0 unspecified atom stereocenters. The molecule has 0 spiro atoms. The van der Waals surface area contributed by atoms with E-state index in [9.17, 15) is 14.3 Å². The first-order valence-electron chi connectivity index (χ1n) is 8.17. The molecular weight excluding hydrogens is 315 g/mol. The lowest BCUT2D eigenvalue weighted by molar-refractivity contribution is -0.161. The van der Waals surface area contributed by atoms with Crippen LogP contribution in [0, 0.1) is 5.82 Å². The number of cyclic esters (lactones) is 1. The van der Waals surface area contributed by atoms with E-state index in [-0.39, 0.29) is 12.2 Å². The maximum atomic E-state index is 13.0. The molecule has 1 aromatic carbocycles. The van der Waals surface area contributed by atoms with Crippen molar-refractivity contribution in [2.24, 2.45) is 0 Å². The van der Waals surface area contributed by atoms with Gasteiger partial charge in [0, 0.05) is 52.1 Å². The summed E-state index contributed by atoms with van der Waals surface area (Å²) in [6.07, 6.45) is -1.30. The van der Waals surface area contributed by atoms with Crippen LogP contribution in [0.3, 0.4) is 0 Å². The molecule has 7 heteroatoms. The molecule has 1 N–H and O–H groups in total. The van der Waals surface area contributed by atoms with Gasteiger partial charge in [-0.15, -0.1) is 0 Å². The Morgan fingerprint density at radius 2 is 1.88 bits per heavy atom. The maximum absolute atomic E-state index is 13.0. The number of piperazine rings is 1. The van der Waals surface area contributed by atoms with Gasteiger partial charge in [0.2, 0.25) is 5.79 Å². The molecule has 0 radical (unpaired) electrons. The fourth-order valence-corrected chi connectivity index (χ4v) is 3.14. The molecule has 2 atom stereocenters. The number of nitrogens with zero attached hydrogens (tertiary/aromatic N) is 2. The van der Waals surface area contributed by atoms with Gasteiger partial charge >= 0.3 is 5.97 Å². The second kappa shape index (κ2) is 6.66. The predicted octanol–water partition coefficient (Wildman–Crippen LogP) is 1.33. The van der Waals surface area contributed by atoms with Crippen LogP contribution in [0.2, 0.25) is 0 Å². The molecule has 2 aliphatic heterocycles. The molecule has 1 aromatic rings. The minimum atomic E-state index is -0.928. The van der Waals surface area contributed by atoms with E-state index < -0.39 is 24.1 Å². The number of anilines is 1. The summed E-state index contributed by atoms with van der Waals surface area (Å²) in [5.41, 5.74) is 0.968. The number of aliphatic hydroxyl groups is 1. The van der Waals surface area contributed by atoms with Crippen molar-refractivity contribution >= 4 is 11.7 Å². The highest BCUT2D eigenvalue weighted by Crippen LogP contribution is 2.27. The third kappa shape index (κ3) is 3.85. The van der Waals surface area contributed by atoms with Crippen LogP contribution in [-0.2, 0) is 14.3 Å². The van der Waals surface area contributed by atoms with Crippen molar-refractivity contribution < 1.29 is 23.8 Å². The van der Waals surface area contributed by atoms with Gasteiger partial charge in [-0.25, -0.2) is 9.18 Å². The highest BCUT2D eigenvalue weighted by Gasteiger charge is 2.42. The van der Waals surface area contributed by atoms with Crippen LogP contribution >= 0.6 is 0 Å². The number of ether oxygens (including phenoxy) is 2. The average molecular weight is 338 g/mol. The molecule has 0 aromatic heterocycles. The lowest BCUT2D eigenvalue weighted by Crippen LogP contribution is -2.51. The van der Waals surface area contributed by atoms with Crippen molar-refractivity contribution in [2.75, 3.05) is 31.1 Å². The minimum absolute atomic E-state index is 0.193. The number of aliphatic hydroxyl groups excluding tert-OH is 1. The van der Waals surface area contributed by atoms with Gasteiger partial charge in [-0.1, -0.05) is 0 Å². The predicted molar refractivity (Wildman–Crippen MR) is 85.9 cm³/mol. The van der Waals surface area contributed by atoms with E-state index in [1.807, 2.05) is 4.90 Å². The summed E-state index contributed by atoms with van der Waals surface area (Å²) in [4.78, 5) is 15.8. The topological polar surface area (TPSA) is 62.2 Å². The van der Waals surface area contributed by atoms with Crippen LogP contribution in [-0.4, -0.2) is 60.3 Å². The molecule has 3 rings (SSSR count). The molecule has 0 saturated carbocycles. The first kappa shape index (κ1) is 17.1. The van der Waals surface area contributed by atoms with Crippen molar-refractivity contribution in [2.45, 2.75) is 38.4 Å². The van der Waals surface area contributed by atoms with E-state index in [0.29, 0.717) is 13.1 Å². The molecule has 0 aliphatic carbocycles. The fourth-order valence-electron chi connectivity index (χ4n) is 3.14. The van der Waals surface area contributed by atoms with Gasteiger partial charge < -0.3 is 19.5 Å². The van der Waals surface area contributed by atoms with Crippen molar-refractivity contribution in [3.05, 3.63) is 30.1 Å². The average Bonchev–Trinajstić information content (AvgIpc) is 2.80. The first-order chi connectivity index (χ1) is 11.3. The van der Waals surface area contributed by atoms with Crippen molar-refractivity contribution in [3.63, 3.8) is 0 Å². The van der Waals surface area contributed by atoms with Crippen LogP contribution < -0.4 is 4.90 Å². The van der Waals surface area contributed by atoms with Crippen LogP contribution in [0.25, 0.3) is 0 Å². The summed E-state index contributed by atoms with van der Waals surface area (Å²) in [6, 6.07) is 6.40. The van der Waals surface area contributed by atoms with Crippen molar-refractivity contribution in [3.8, 4) is 0 Å². The number of halogens is 1. The molecule has 0 bridgehead atoms. The van der Waals surface area contributed by atoms with E-state index in [1.54, 1.807) is 26.0 Å². The Hall–Kier alpha value is -1.70. The summed E-state index contributed by atoms with van der Waals surface area (Å²) < 4.78 is 23.6. The Morgan fingerprint density at radius 3 is 2.42 bits per heavy atom. The Balaban J connectivity index is 1.51. The number of carbonyl (C=O) groups is 1. The normalized spacial score (nSPS) is 25.6. The quantitative estimate of drug-likeness (QED) is 0.836. The number of rotatable bonds is 4. The van der Waals surface area contributed by atoms with Crippen molar-refractivity contribution in [1.82, 2.24) is 4.90 Å². The lowest BCUT2D eigenvalue weighted by Gasteiger charge is -2.38. The molecule has 2 saturated heterocycles. The highest BCUT2D eigenvalue weighted by atomic mass is 19.1. The monoisotopic (exact) mass is 338 g/mol. The number of benzene rings is 1. The third-order valence-electron chi connectivity index (χ3n) is 4.39. The second-order valence-electron chi connectivity index (χ2n) is 6.64. The zero-order chi connectivity index (χ0) is 17.3. The van der Waals surface area contributed by atoms with Gasteiger partial charge in [0.15, 0.2) is 6.10 Å². The second-order valence-corrected chi connectivity index (χ2v) is 6.64. The molecule has 0 amide bonds. The number of hydrogen-bond acceptors (Lipinski definition) is 6. The molecule has 132 valence electrons. The van der Waals surface area contributed by atoms with E-state index in [4.69, 9.17) is 9.47 Å². The molecule has 24 heavy (non-hydrogen) atoms. The van der Waals surface area contributed by atoms with Crippen LogP contribution in [0.5, 0.6) is 0 Å². The highest BCUT2D eigenvalue weighted by molar-refractivity contribution is 5.76. The number of esters is 1. The SMILES string of the molecule is CC1(C)OC(=O)[C@@H](C[C@@H](O)N2CCN(c3ccc(F)cc3)CC2)O1. The van der Waals surface area contributed by atoms with Crippen LogP contribution in [0.4, 0.5) is 10.1 Å². The zero-order valence-corrected chi connectivity index (χ0v) is 13.9. The fraction of sp³-hybridized carbons (Fsp3) is 0.588. The smallest absolute Gasteiger partial charge is 0.338 e. The molecule has 2 aliphatic rings. The largest absolute Gasteiger partial charge is 0.432 e. The summed E-state index contributed by atoms with van der Waals surface area (Å²) in [5, 5.41) is 10.4. The summed E-state index contributed by atoms with van der Waals surface area (Å²) in [7, 11) is 0. The zero-order valence-electron chi connectivity index (χ0n) is 13.9. The van der Waals surface area contributed by atoms with E-state index in [0.717, 1.165) is 18.8 Å². The Bertz CT molecular complexity index is 585. The van der Waals surface area contributed by atoms with Crippen LogP contribution in [0.1, 0.15) is 20.3 Å². The maximum Gasteiger partial charge on any atom is 0.338 e. The minimum Gasteiger partial charge on any atom is -0.432 e. The molecule has 2 heterocycles.